The Morgan fingerprint density at radius 2 is 1.44 bits per heavy atom. The highest BCUT2D eigenvalue weighted by Crippen LogP contribution is 2.37. The Morgan fingerprint density at radius 3 is 1.76 bits per heavy atom. The molecule has 1 aromatic carbocycles. The van der Waals surface area contributed by atoms with Gasteiger partial charge in [-0.25, -0.2) is 8.42 Å². The van der Waals surface area contributed by atoms with E-state index < -0.39 is 21.6 Å². The Bertz CT molecular complexity index is 598. The van der Waals surface area contributed by atoms with Crippen LogP contribution in [0.2, 0.25) is 0 Å². The van der Waals surface area contributed by atoms with Crippen LogP contribution >= 0.6 is 0 Å². The number of benzene rings is 1. The third kappa shape index (κ3) is 6.62. The highest BCUT2D eigenvalue weighted by molar-refractivity contribution is 7.92. The van der Waals surface area contributed by atoms with Gasteiger partial charge in [0.05, 0.1) is 17.1 Å². The van der Waals surface area contributed by atoms with E-state index in [0.29, 0.717) is 11.5 Å². The summed E-state index contributed by atoms with van der Waals surface area (Å²) < 4.78 is 57.0. The lowest BCUT2D eigenvalue weighted by molar-refractivity contribution is -0.137. The smallest absolute Gasteiger partial charge is 0.316 e. The van der Waals surface area contributed by atoms with Gasteiger partial charge in [-0.3, -0.25) is 0 Å². The summed E-state index contributed by atoms with van der Waals surface area (Å²) in [5.74, 6) is 0.847. The lowest BCUT2D eigenvalue weighted by atomic mass is 9.91. The van der Waals surface area contributed by atoms with Crippen LogP contribution in [0.25, 0.3) is 0 Å². The van der Waals surface area contributed by atoms with Gasteiger partial charge in [-0.2, -0.15) is 13.2 Å². The third-order valence-corrected chi connectivity index (χ3v) is 6.84. The van der Waals surface area contributed by atoms with Crippen LogP contribution in [-0.4, -0.2) is 33.0 Å². The summed E-state index contributed by atoms with van der Waals surface area (Å²) in [4.78, 5) is 0. The van der Waals surface area contributed by atoms with Crippen LogP contribution in [0, 0.1) is 5.41 Å². The minimum absolute atomic E-state index is 0.152. The predicted molar refractivity (Wildman–Crippen MR) is 93.1 cm³/mol. The van der Waals surface area contributed by atoms with E-state index in [9.17, 15) is 21.6 Å². The normalized spacial score (nSPS) is 23.0. The molecule has 3 fully saturated rings. The van der Waals surface area contributed by atoms with Gasteiger partial charge in [-0.05, 0) is 13.0 Å². The number of nitrogens with one attached hydrogen (secondary N) is 1. The van der Waals surface area contributed by atoms with E-state index in [1.54, 1.807) is 6.07 Å². The summed E-state index contributed by atoms with van der Waals surface area (Å²) in [5.41, 5.74) is -0.450. The molecule has 4 rings (SSSR count). The van der Waals surface area contributed by atoms with Crippen LogP contribution in [-0.2, 0) is 16.0 Å². The molecule has 0 atom stereocenters. The molecule has 0 amide bonds. The highest BCUT2D eigenvalue weighted by Gasteiger charge is 2.49. The van der Waals surface area contributed by atoms with Gasteiger partial charge in [-0.1, -0.05) is 62.4 Å². The molecular weight excluding hydrogens is 351 g/mol. The fourth-order valence-electron chi connectivity index (χ4n) is 3.44. The monoisotopic (exact) mass is 377 g/mol. The summed E-state index contributed by atoms with van der Waals surface area (Å²) >= 11 is 0. The summed E-state index contributed by atoms with van der Waals surface area (Å²) in [5, 5.41) is 3.19. The van der Waals surface area contributed by atoms with Gasteiger partial charge in [0.25, 0.3) is 0 Å². The van der Waals surface area contributed by atoms with E-state index in [4.69, 9.17) is 0 Å². The SMILES string of the molecule is C1CCCC1.FC(F)(F)c1ccccc1.O=S1(=O)CC2(CCNC2)C1. The largest absolute Gasteiger partial charge is 0.416 e. The number of rotatable bonds is 0. The van der Waals surface area contributed by atoms with Crippen LogP contribution < -0.4 is 5.32 Å². The summed E-state index contributed by atoms with van der Waals surface area (Å²) in [6.45, 7) is 1.90. The molecule has 3 aliphatic rings. The standard InChI is InChI=1S/C7H5F3.C6H11NO2S.C5H10/c8-7(9,10)6-4-2-1-3-5-6;8-10(9)4-6(5-10)1-2-7-3-6;1-2-4-5-3-1/h1-5H;7H,1-5H2;1-5H2. The van der Waals surface area contributed by atoms with Crippen molar-refractivity contribution >= 4 is 9.84 Å². The van der Waals surface area contributed by atoms with Crippen molar-refractivity contribution in [2.45, 2.75) is 44.7 Å². The zero-order valence-electron chi connectivity index (χ0n) is 14.3. The van der Waals surface area contributed by atoms with Crippen molar-refractivity contribution in [1.82, 2.24) is 5.32 Å². The lowest BCUT2D eigenvalue weighted by Crippen LogP contribution is -2.49. The summed E-state index contributed by atoms with van der Waals surface area (Å²) in [6, 6.07) is 6.36. The van der Waals surface area contributed by atoms with Crippen LogP contribution in [0.5, 0.6) is 0 Å². The zero-order valence-corrected chi connectivity index (χ0v) is 15.1. The third-order valence-electron chi connectivity index (χ3n) is 4.74. The molecule has 1 saturated carbocycles. The highest BCUT2D eigenvalue weighted by atomic mass is 32.2. The van der Waals surface area contributed by atoms with Gasteiger partial charge in [0.1, 0.15) is 0 Å². The van der Waals surface area contributed by atoms with E-state index in [1.165, 1.54) is 44.2 Å². The fourth-order valence-corrected chi connectivity index (χ4v) is 5.72. The average Bonchev–Trinajstić information content (AvgIpc) is 3.21. The second kappa shape index (κ2) is 8.54. The van der Waals surface area contributed by atoms with Gasteiger partial charge in [0.2, 0.25) is 0 Å². The van der Waals surface area contributed by atoms with E-state index in [0.717, 1.165) is 31.6 Å². The van der Waals surface area contributed by atoms with Gasteiger partial charge >= 0.3 is 6.18 Å². The minimum atomic E-state index is -4.21. The fraction of sp³-hybridized carbons (Fsp3) is 0.667. The Hall–Kier alpha value is -1.08. The predicted octanol–water partition coefficient (Wildman–Crippen LogP) is 4.05. The summed E-state index contributed by atoms with van der Waals surface area (Å²) in [7, 11) is -2.61. The molecule has 3 nitrogen and oxygen atoms in total. The molecule has 0 radical (unpaired) electrons. The number of hydrogen-bond acceptors (Lipinski definition) is 3. The molecule has 1 N–H and O–H groups in total. The second-order valence-corrected chi connectivity index (χ2v) is 9.16. The molecule has 142 valence electrons. The van der Waals surface area contributed by atoms with Crippen molar-refractivity contribution < 1.29 is 21.6 Å². The first kappa shape index (κ1) is 20.2. The summed E-state index contributed by atoms with van der Waals surface area (Å²) in [6.07, 6.45) is 4.34. The molecule has 7 heteroatoms. The van der Waals surface area contributed by atoms with Crippen molar-refractivity contribution in [2.75, 3.05) is 24.6 Å². The molecular formula is C18H26F3NO2S. The lowest BCUT2D eigenvalue weighted by Gasteiger charge is -2.36. The molecule has 25 heavy (non-hydrogen) atoms. The average molecular weight is 377 g/mol. The van der Waals surface area contributed by atoms with Crippen molar-refractivity contribution in [3.8, 4) is 0 Å². The van der Waals surface area contributed by atoms with Crippen LogP contribution in [0.4, 0.5) is 13.2 Å². The first-order chi connectivity index (χ1) is 11.7. The minimum Gasteiger partial charge on any atom is -0.316 e. The Morgan fingerprint density at radius 1 is 0.920 bits per heavy atom. The maximum absolute atomic E-state index is 11.8. The first-order valence-electron chi connectivity index (χ1n) is 8.76. The van der Waals surface area contributed by atoms with Gasteiger partial charge in [0.15, 0.2) is 9.84 Å². The van der Waals surface area contributed by atoms with E-state index in [-0.39, 0.29) is 5.41 Å². The van der Waals surface area contributed by atoms with Crippen molar-refractivity contribution in [1.29, 1.82) is 0 Å². The van der Waals surface area contributed by atoms with Crippen molar-refractivity contribution in [3.05, 3.63) is 35.9 Å². The molecule has 0 bridgehead atoms. The molecule has 2 heterocycles. The van der Waals surface area contributed by atoms with Crippen LogP contribution in [0.15, 0.2) is 30.3 Å². The van der Waals surface area contributed by atoms with E-state index in [2.05, 4.69) is 5.32 Å². The molecule has 1 aliphatic carbocycles. The second-order valence-electron chi connectivity index (χ2n) is 7.09. The zero-order chi connectivity index (χ0) is 18.4. The van der Waals surface area contributed by atoms with Gasteiger partial charge in [0, 0.05) is 12.0 Å². The van der Waals surface area contributed by atoms with Crippen LogP contribution in [0.1, 0.15) is 44.1 Å². The number of hydrogen-bond donors (Lipinski definition) is 1. The van der Waals surface area contributed by atoms with Crippen molar-refractivity contribution in [2.24, 2.45) is 5.41 Å². The van der Waals surface area contributed by atoms with E-state index >= 15 is 0 Å². The maximum Gasteiger partial charge on any atom is 0.416 e. The molecule has 1 spiro atoms. The Balaban J connectivity index is 0.000000143. The number of alkyl halides is 3. The topological polar surface area (TPSA) is 46.2 Å². The number of halogens is 3. The maximum atomic E-state index is 11.8. The molecule has 2 aliphatic heterocycles. The Kier molecular flexibility index (Phi) is 6.91. The van der Waals surface area contributed by atoms with Crippen molar-refractivity contribution in [3.63, 3.8) is 0 Å². The molecule has 1 aromatic rings. The molecule has 0 aromatic heterocycles. The molecule has 0 unspecified atom stereocenters. The quantitative estimate of drug-likeness (QED) is 0.742. The number of sulfone groups is 1. The Labute approximate surface area is 147 Å². The van der Waals surface area contributed by atoms with Gasteiger partial charge < -0.3 is 5.32 Å². The van der Waals surface area contributed by atoms with E-state index in [1.807, 2.05) is 0 Å². The van der Waals surface area contributed by atoms with Crippen LogP contribution in [0.3, 0.4) is 0 Å². The van der Waals surface area contributed by atoms with Gasteiger partial charge in [-0.15, -0.1) is 0 Å². The molecule has 2 saturated heterocycles. The first-order valence-corrected chi connectivity index (χ1v) is 10.6.